The van der Waals surface area contributed by atoms with E-state index in [9.17, 15) is 0 Å². The molecule has 0 saturated carbocycles. The van der Waals surface area contributed by atoms with E-state index in [1.165, 1.54) is 107 Å². The van der Waals surface area contributed by atoms with Crippen molar-refractivity contribution >= 4 is 0 Å². The largest absolute Gasteiger partial charge is 0.0683 e. The lowest BCUT2D eigenvalue weighted by Crippen LogP contribution is -2.25. The van der Waals surface area contributed by atoms with Crippen LogP contribution in [0.15, 0.2) is 42.5 Å². The van der Waals surface area contributed by atoms with E-state index >= 15 is 0 Å². The van der Waals surface area contributed by atoms with Crippen LogP contribution in [-0.2, 0) is 5.41 Å². The van der Waals surface area contributed by atoms with Gasteiger partial charge in [0.15, 0.2) is 0 Å². The number of hydrogen-bond donors (Lipinski definition) is 0. The predicted molar refractivity (Wildman–Crippen MR) is 145 cm³/mol. The normalized spacial score (nSPS) is 13.3. The van der Waals surface area contributed by atoms with Crippen molar-refractivity contribution in [2.75, 3.05) is 0 Å². The van der Waals surface area contributed by atoms with Gasteiger partial charge >= 0.3 is 0 Å². The smallest absolute Gasteiger partial charge is 0.0215 e. The molecule has 3 rings (SSSR count). The van der Waals surface area contributed by atoms with Crippen LogP contribution in [0.3, 0.4) is 0 Å². The van der Waals surface area contributed by atoms with Gasteiger partial charge in [0.25, 0.3) is 0 Å². The third kappa shape index (κ3) is 6.72. The molecule has 0 fully saturated rings. The summed E-state index contributed by atoms with van der Waals surface area (Å²) >= 11 is 0. The molecule has 0 radical (unpaired) electrons. The van der Waals surface area contributed by atoms with Gasteiger partial charge < -0.3 is 0 Å². The van der Waals surface area contributed by atoms with Crippen molar-refractivity contribution in [3.8, 4) is 11.1 Å². The van der Waals surface area contributed by atoms with Crippen LogP contribution in [-0.4, -0.2) is 0 Å². The Morgan fingerprint density at radius 2 is 1.06 bits per heavy atom. The maximum absolute atomic E-state index is 2.52. The van der Waals surface area contributed by atoms with Gasteiger partial charge in [-0.25, -0.2) is 0 Å². The van der Waals surface area contributed by atoms with Crippen LogP contribution >= 0.6 is 0 Å². The lowest BCUT2D eigenvalue weighted by Gasteiger charge is -2.33. The molecule has 0 N–H and O–H groups in total. The molecule has 1 aliphatic carbocycles. The third-order valence-corrected chi connectivity index (χ3v) is 7.34. The molecule has 0 saturated heterocycles. The van der Waals surface area contributed by atoms with Crippen LogP contribution in [0.1, 0.15) is 134 Å². The summed E-state index contributed by atoms with van der Waals surface area (Å²) in [5.41, 5.74) is 7.92. The highest BCUT2D eigenvalue weighted by Crippen LogP contribution is 2.54. The molecule has 0 amide bonds. The van der Waals surface area contributed by atoms with E-state index in [0.717, 1.165) is 0 Å². The molecule has 0 atom stereocenters. The molecule has 0 unspecified atom stereocenters. The van der Waals surface area contributed by atoms with Gasteiger partial charge in [0.1, 0.15) is 0 Å². The maximum atomic E-state index is 2.52. The summed E-state index contributed by atoms with van der Waals surface area (Å²) in [4.78, 5) is 0. The minimum atomic E-state index is 0.244. The third-order valence-electron chi connectivity index (χ3n) is 7.34. The molecule has 1 aliphatic rings. The number of rotatable bonds is 14. The number of fused-ring (bicyclic) bond motifs is 3. The molecule has 0 spiro atoms. The van der Waals surface area contributed by atoms with Gasteiger partial charge in [-0.15, -0.1) is 0 Å². The Balaban J connectivity index is 0.00000176. The van der Waals surface area contributed by atoms with Gasteiger partial charge in [0.2, 0.25) is 0 Å². The van der Waals surface area contributed by atoms with Crippen molar-refractivity contribution in [1.82, 2.24) is 0 Å². The predicted octanol–water partition coefficient (Wildman–Crippen LogP) is 10.8. The Hall–Kier alpha value is -1.56. The average molecular weight is 435 g/mol. The topological polar surface area (TPSA) is 0 Å². The first-order chi connectivity index (χ1) is 15.7. The van der Waals surface area contributed by atoms with Crippen LogP contribution in [0.4, 0.5) is 0 Å². The van der Waals surface area contributed by atoms with Gasteiger partial charge in [-0.1, -0.05) is 153 Å². The monoisotopic (exact) mass is 434 g/mol. The zero-order chi connectivity index (χ0) is 23.2. The molecular weight excluding hydrogens is 384 g/mol. The fraction of sp³-hybridized carbons (Fsp3) is 0.625. The van der Waals surface area contributed by atoms with Crippen LogP contribution in [0.2, 0.25) is 0 Å². The molecule has 32 heavy (non-hydrogen) atoms. The number of hydrogen-bond acceptors (Lipinski definition) is 0. The first-order valence-corrected chi connectivity index (χ1v) is 13.9. The molecular formula is C32H50. The Labute approximate surface area is 200 Å². The van der Waals surface area contributed by atoms with Gasteiger partial charge in [-0.2, -0.15) is 0 Å². The van der Waals surface area contributed by atoms with Crippen LogP contribution in [0.5, 0.6) is 0 Å². The van der Waals surface area contributed by atoms with E-state index in [-0.39, 0.29) is 5.41 Å². The highest BCUT2D eigenvalue weighted by atomic mass is 14.4. The molecule has 0 bridgehead atoms. The zero-order valence-electron chi connectivity index (χ0n) is 21.9. The van der Waals surface area contributed by atoms with E-state index in [2.05, 4.69) is 63.2 Å². The fourth-order valence-corrected chi connectivity index (χ4v) is 5.65. The molecule has 2 aromatic rings. The Kier molecular flexibility index (Phi) is 12.1. The van der Waals surface area contributed by atoms with Gasteiger partial charge in [-0.05, 0) is 42.0 Å². The second-order valence-electron chi connectivity index (χ2n) is 9.71. The van der Waals surface area contributed by atoms with E-state index < -0.39 is 0 Å². The zero-order valence-corrected chi connectivity index (χ0v) is 21.9. The summed E-state index contributed by atoms with van der Waals surface area (Å²) in [7, 11) is 0. The Morgan fingerprint density at radius 3 is 1.66 bits per heavy atom. The lowest BCUT2D eigenvalue weighted by atomic mass is 9.70. The lowest BCUT2D eigenvalue weighted by molar-refractivity contribution is 0.397. The van der Waals surface area contributed by atoms with E-state index in [0.29, 0.717) is 0 Å². The summed E-state index contributed by atoms with van der Waals surface area (Å²) in [5, 5.41) is 0. The summed E-state index contributed by atoms with van der Waals surface area (Å²) in [6.45, 7) is 10.9. The van der Waals surface area contributed by atoms with Crippen molar-refractivity contribution in [3.05, 3.63) is 59.2 Å². The average Bonchev–Trinajstić information content (AvgIpc) is 3.09. The SMILES string of the molecule is CC.CCCCCCCCC1(CCCCCCCC)c2ccccc2-c2ccc(C)cc21. The van der Waals surface area contributed by atoms with Crippen molar-refractivity contribution in [2.45, 2.75) is 130 Å². The minimum absolute atomic E-state index is 0.244. The summed E-state index contributed by atoms with van der Waals surface area (Å²) in [5.74, 6) is 0. The summed E-state index contributed by atoms with van der Waals surface area (Å²) in [6, 6.07) is 16.5. The second kappa shape index (κ2) is 14.6. The molecule has 0 aromatic heterocycles. The van der Waals surface area contributed by atoms with Crippen LogP contribution < -0.4 is 0 Å². The number of aryl methyl sites for hydroxylation is 1. The maximum Gasteiger partial charge on any atom is 0.0215 e. The first-order valence-electron chi connectivity index (χ1n) is 13.9. The molecule has 0 nitrogen and oxygen atoms in total. The van der Waals surface area contributed by atoms with Crippen molar-refractivity contribution in [2.24, 2.45) is 0 Å². The number of unbranched alkanes of at least 4 members (excludes halogenated alkanes) is 10. The van der Waals surface area contributed by atoms with Crippen LogP contribution in [0.25, 0.3) is 11.1 Å². The molecule has 0 heterocycles. The Morgan fingerprint density at radius 1 is 0.562 bits per heavy atom. The molecule has 0 aliphatic heterocycles. The fourth-order valence-electron chi connectivity index (χ4n) is 5.65. The van der Waals surface area contributed by atoms with Crippen LogP contribution in [0, 0.1) is 6.92 Å². The van der Waals surface area contributed by atoms with Gasteiger partial charge in [-0.3, -0.25) is 0 Å². The minimum Gasteiger partial charge on any atom is -0.0683 e. The van der Waals surface area contributed by atoms with E-state index in [1.807, 2.05) is 13.8 Å². The second-order valence-corrected chi connectivity index (χ2v) is 9.71. The summed E-state index contributed by atoms with van der Waals surface area (Å²) in [6.07, 6.45) is 19.2. The van der Waals surface area contributed by atoms with Crippen molar-refractivity contribution in [1.29, 1.82) is 0 Å². The van der Waals surface area contributed by atoms with Gasteiger partial charge in [0.05, 0.1) is 0 Å². The van der Waals surface area contributed by atoms with E-state index in [1.54, 1.807) is 11.1 Å². The quantitative estimate of drug-likeness (QED) is 0.259. The van der Waals surface area contributed by atoms with Crippen molar-refractivity contribution in [3.63, 3.8) is 0 Å². The molecule has 178 valence electrons. The van der Waals surface area contributed by atoms with Gasteiger partial charge in [0, 0.05) is 5.41 Å². The molecule has 2 aromatic carbocycles. The van der Waals surface area contributed by atoms with Crippen molar-refractivity contribution < 1.29 is 0 Å². The standard InChI is InChI=1S/C30H44.C2H6/c1-4-6-8-10-12-16-22-30(23-17-13-11-9-7-5-2)28-19-15-14-18-26(28)27-21-20-25(3)24-29(27)30;1-2/h14-15,18-21,24H,4-13,16-17,22-23H2,1-3H3;1-2H3. The molecule has 0 heteroatoms. The first kappa shape index (κ1) is 26.7. The van der Waals surface area contributed by atoms with E-state index in [4.69, 9.17) is 0 Å². The summed E-state index contributed by atoms with van der Waals surface area (Å²) < 4.78 is 0. The highest BCUT2D eigenvalue weighted by molar-refractivity contribution is 5.81. The Bertz CT molecular complexity index is 753. The number of benzene rings is 2. The highest BCUT2D eigenvalue weighted by Gasteiger charge is 2.41.